The first-order valence-corrected chi connectivity index (χ1v) is 39.0. The van der Waals surface area contributed by atoms with Gasteiger partial charge in [-0.05, 0) is 0 Å². The maximum atomic E-state index is 12.8. The van der Waals surface area contributed by atoms with Gasteiger partial charge in [0.2, 0.25) is 23.6 Å². The number of nitrogens with one attached hydrogen (secondary N) is 4. The Morgan fingerprint density at radius 2 is 0.896 bits per heavy atom. The molecule has 6 heterocycles. The molecule has 2 aliphatic heterocycles. The lowest BCUT2D eigenvalue weighted by molar-refractivity contribution is -0.137. The Balaban J connectivity index is 0.798. The van der Waals surface area contributed by atoms with Crippen LogP contribution in [0.2, 0.25) is 0 Å². The molecule has 0 saturated carbocycles. The topological polar surface area (TPSA) is 693 Å². The molecule has 0 aromatic carbocycles. The van der Waals surface area contributed by atoms with Crippen molar-refractivity contribution in [1.82, 2.24) is 60.3 Å². The number of nitrogens with zero attached hydrogens (tertiary/aromatic N) is 8. The number of rotatable bonds is 39. The zero-order valence-electron chi connectivity index (χ0n) is 50.3. The number of aliphatic hydroxyl groups excluding tert-OH is 4. The van der Waals surface area contributed by atoms with Gasteiger partial charge in [0.05, 0.1) is 39.1 Å². The number of nitrogen functional groups attached to an aromatic ring is 2. The first-order chi connectivity index (χ1) is 44.4. The molecule has 0 bridgehead atoms. The van der Waals surface area contributed by atoms with Crippen LogP contribution in [0.5, 0.6) is 0 Å². The zero-order chi connectivity index (χ0) is 71.6. The maximum absolute atomic E-state index is 12.8. The van der Waals surface area contributed by atoms with Crippen LogP contribution in [0.1, 0.15) is 53.0 Å². The third-order valence-electron chi connectivity index (χ3n) is 13.3. The molecule has 54 heteroatoms. The van der Waals surface area contributed by atoms with E-state index >= 15 is 0 Å². The largest absolute Gasteiger partial charge is 0.481 e. The Hall–Kier alpha value is -4.22. The number of carbonyl (C=O) groups excluding carboxylic acids is 4. The lowest BCUT2D eigenvalue weighted by atomic mass is 9.87. The molecule has 0 aliphatic carbocycles. The fraction of sp³-hybridized carbons (Fsp3) is 0.667. The summed E-state index contributed by atoms with van der Waals surface area (Å²) in [6, 6.07) is 0. The first-order valence-electron chi connectivity index (χ1n) is 27.4. The van der Waals surface area contributed by atoms with Crippen LogP contribution in [0.25, 0.3) is 22.3 Å². The third kappa shape index (κ3) is 23.7. The summed E-state index contributed by atoms with van der Waals surface area (Å²) in [5.41, 5.74) is 8.26. The quantitative estimate of drug-likeness (QED) is 0.0122. The Bertz CT molecular complexity index is 3450. The number of hydrogen-bond acceptors (Lipinski definition) is 34. The number of aliphatic hydroxyl groups is 4. The summed E-state index contributed by atoms with van der Waals surface area (Å²) >= 11 is 0. The van der Waals surface area contributed by atoms with Crippen molar-refractivity contribution in [3.8, 4) is 0 Å². The average molecular weight is 1530 g/mol. The number of anilines is 2. The highest BCUT2D eigenvalue weighted by atomic mass is 33.1. The molecule has 20 N–H and O–H groups in total. The van der Waals surface area contributed by atoms with E-state index < -0.39 is 169 Å². The lowest BCUT2D eigenvalue weighted by Crippen LogP contribution is -2.46. The van der Waals surface area contributed by atoms with Gasteiger partial charge in [0.25, 0.3) is 0 Å². The Morgan fingerprint density at radius 1 is 0.552 bits per heavy atom. The highest BCUT2D eigenvalue weighted by molar-refractivity contribution is 8.76. The van der Waals surface area contributed by atoms with Gasteiger partial charge in [-0.15, -0.1) is 0 Å². The molecular weight excluding hydrogens is 1460 g/mol. The average Bonchev–Trinajstić information content (AvgIpc) is 1.62. The number of imidazole rings is 2. The van der Waals surface area contributed by atoms with E-state index in [1.54, 1.807) is 0 Å². The number of aromatic nitrogens is 8. The molecule has 4 aromatic heterocycles. The second-order valence-electron chi connectivity index (χ2n) is 21.8. The lowest BCUT2D eigenvalue weighted by Gasteiger charge is -2.30. The molecule has 542 valence electrons. The fourth-order valence-corrected chi connectivity index (χ4v) is 15.9. The van der Waals surface area contributed by atoms with Crippen LogP contribution in [-0.2, 0) is 91.8 Å². The van der Waals surface area contributed by atoms with E-state index in [1.807, 2.05) is 0 Å². The standard InChI is InChI=1S/C42H70N14O32P6S2/c1-41(2,15-81-93(75,76)87-91(71,72)79-13-21-29(85-89(65,66)67)27(59)39(83-21)55-19-53-25-33(43)49-17-51-35(25)55)31(61)37(63)47-7-5-23(57)45-9-11-95-96-12-10-46-24(58)6-8-48-38(64)32(62)42(3,4)16-82-94(77,78)88-92(73,74)80-14-22-30(86-90(68,69)70)28(60)40(84-22)56-20-54-26-34(44)50-18-52-36(26)56/h17-22,27-32,39-40,59-62H,5-16H2,1-4H3,(H,45,57)(H,46,58)(H,47,63)(H,48,64)(H,71,72)(H,73,74)(H,75,76)(H,77,78)(H2,43,49,51)(H2,44,50,52)(H2,65,66,67)(H2,68,69,70)/t21-,22-,27-,28-,29+,30+,31-,32-,39-,40-/m1/s1. The van der Waals surface area contributed by atoms with Crippen molar-refractivity contribution in [3.63, 3.8) is 0 Å². The second kappa shape index (κ2) is 33.5. The summed E-state index contributed by atoms with van der Waals surface area (Å²) in [4.78, 5) is 153. The molecule has 96 heavy (non-hydrogen) atoms. The van der Waals surface area contributed by atoms with Gasteiger partial charge in [-0.2, -0.15) is 8.62 Å². The number of fused-ring (bicyclic) bond motifs is 2. The molecule has 2 saturated heterocycles. The molecule has 14 atom stereocenters. The van der Waals surface area contributed by atoms with Crippen molar-refractivity contribution in [1.29, 1.82) is 0 Å². The highest BCUT2D eigenvalue weighted by Crippen LogP contribution is 2.63. The van der Waals surface area contributed by atoms with E-state index in [1.165, 1.54) is 49.3 Å². The van der Waals surface area contributed by atoms with E-state index in [0.717, 1.165) is 34.4 Å². The Kier molecular flexibility index (Phi) is 28.2. The van der Waals surface area contributed by atoms with Crippen molar-refractivity contribution < 1.29 is 151 Å². The number of nitrogens with two attached hydrogens (primary N) is 2. The van der Waals surface area contributed by atoms with Gasteiger partial charge in [0.1, 0.15) is 72.5 Å². The predicted molar refractivity (Wildman–Crippen MR) is 324 cm³/mol. The SMILES string of the molecule is CC(C)(COP(=O)(O)OP(=O)(O)OC[C@H]1O[C@@H](n2cnc3c(N)ncnc32)[C@H](O)[C@H]1OP(=O)(O)O)[C@H](O)C(=O)NCCC(=O)NCCSSCCNC(=O)CCNC(=O)[C@@H](O)C(C)(C)COP(=O)(O)OP(=O)(O)OC[C@H]1O[C@@H](n2cnc3c(N)ncnc32)[C@H](O)[C@H]1OP(=O)(O)O. The summed E-state index contributed by atoms with van der Waals surface area (Å²) < 4.78 is 125. The molecule has 4 unspecified atom stereocenters. The van der Waals surface area contributed by atoms with Gasteiger partial charge >= 0.3 is 46.9 Å². The summed E-state index contributed by atoms with van der Waals surface area (Å²) in [6.45, 7) is 0.354. The smallest absolute Gasteiger partial charge is 0.386 e. The van der Waals surface area contributed by atoms with Crippen LogP contribution in [0, 0.1) is 10.8 Å². The molecule has 0 radical (unpaired) electrons. The highest BCUT2D eigenvalue weighted by Gasteiger charge is 2.52. The summed E-state index contributed by atoms with van der Waals surface area (Å²) in [5.74, 6) is -2.44. The number of amides is 4. The number of phosphoric ester groups is 6. The van der Waals surface area contributed by atoms with E-state index in [4.69, 9.17) is 39.0 Å². The van der Waals surface area contributed by atoms with Crippen molar-refractivity contribution in [2.45, 2.75) is 102 Å². The van der Waals surface area contributed by atoms with E-state index in [2.05, 4.69) is 68.8 Å². The number of carbonyl (C=O) groups is 4. The minimum atomic E-state index is -5.65. The summed E-state index contributed by atoms with van der Waals surface area (Å²) in [7, 11) is -30.6. The van der Waals surface area contributed by atoms with E-state index in [0.29, 0.717) is 11.5 Å². The minimum Gasteiger partial charge on any atom is -0.386 e. The summed E-state index contributed by atoms with van der Waals surface area (Å²) in [6.07, 6.45) is -14.6. The van der Waals surface area contributed by atoms with Crippen molar-refractivity contribution >= 4 is 126 Å². The molecule has 46 nitrogen and oxygen atoms in total. The van der Waals surface area contributed by atoms with Crippen LogP contribution >= 0.6 is 68.5 Å². The van der Waals surface area contributed by atoms with Crippen LogP contribution in [0.15, 0.2) is 25.3 Å². The van der Waals surface area contributed by atoms with Crippen LogP contribution in [-0.4, -0.2) is 235 Å². The maximum Gasteiger partial charge on any atom is 0.481 e. The molecule has 2 fully saturated rings. The second-order valence-corrected chi connectivity index (χ2v) is 33.0. The van der Waals surface area contributed by atoms with Gasteiger partial charge < -0.3 is 102 Å². The number of phosphoric acid groups is 6. The number of hydrogen-bond donors (Lipinski definition) is 18. The molecule has 6 rings (SSSR count). The van der Waals surface area contributed by atoms with Crippen molar-refractivity contribution in [2.75, 3.05) is 75.6 Å². The molecule has 4 aromatic rings. The monoisotopic (exact) mass is 1530 g/mol. The van der Waals surface area contributed by atoms with Crippen LogP contribution in [0.3, 0.4) is 0 Å². The van der Waals surface area contributed by atoms with E-state index in [-0.39, 0.29) is 73.0 Å². The molecule has 0 spiro atoms. The Labute approximate surface area is 549 Å². The minimum absolute atomic E-state index is 0.00411. The first kappa shape index (κ1) is 80.8. The molecular formula is C42H70N14O32P6S2. The Morgan fingerprint density at radius 3 is 1.24 bits per heavy atom. The van der Waals surface area contributed by atoms with Crippen molar-refractivity contribution in [3.05, 3.63) is 25.3 Å². The zero-order valence-corrected chi connectivity index (χ0v) is 57.3. The molecule has 2 aliphatic rings. The number of ether oxygens (including phenoxy) is 2. The fourth-order valence-electron chi connectivity index (χ4n) is 8.46. The normalized spacial score (nSPS) is 23.5. The van der Waals surface area contributed by atoms with Gasteiger partial charge in [-0.25, -0.2) is 57.3 Å². The predicted octanol–water partition coefficient (Wildman–Crippen LogP) is -2.80. The van der Waals surface area contributed by atoms with Gasteiger partial charge in [0.15, 0.2) is 35.4 Å². The third-order valence-corrected chi connectivity index (χ3v) is 21.9. The van der Waals surface area contributed by atoms with Crippen LogP contribution in [0.4, 0.5) is 11.6 Å². The van der Waals surface area contributed by atoms with Gasteiger partial charge in [-0.3, -0.25) is 55.5 Å². The molecule has 4 amide bonds. The van der Waals surface area contributed by atoms with Gasteiger partial charge in [-0.1, -0.05) is 49.3 Å². The van der Waals surface area contributed by atoms with E-state index in [9.17, 15) is 106 Å². The van der Waals surface area contributed by atoms with Crippen molar-refractivity contribution in [2.24, 2.45) is 10.8 Å². The summed E-state index contributed by atoms with van der Waals surface area (Å²) in [5, 5.41) is 53.2. The van der Waals surface area contributed by atoms with Gasteiger partial charge in [0, 0.05) is 61.4 Å². The van der Waals surface area contributed by atoms with Crippen LogP contribution < -0.4 is 32.7 Å².